The number of hydrogen-bond donors (Lipinski definition) is 0. The van der Waals surface area contributed by atoms with Crippen molar-refractivity contribution >= 4 is 32.0 Å². The zero-order valence-electron chi connectivity index (χ0n) is 15.3. The summed E-state index contributed by atoms with van der Waals surface area (Å²) < 4.78 is 11.4. The average molecular weight is 370 g/mol. The molecule has 5 nitrogen and oxygen atoms in total. The summed E-state index contributed by atoms with van der Waals surface area (Å²) in [5.74, 6) is -0.752. The smallest absolute Gasteiger partial charge is 0.355 e. The highest BCUT2D eigenvalue weighted by Crippen LogP contribution is 2.48. The zero-order valence-corrected chi connectivity index (χ0v) is 17.1. The summed E-state index contributed by atoms with van der Waals surface area (Å²) in [7, 11) is -1.94. The Kier molecular flexibility index (Phi) is 5.37. The van der Waals surface area contributed by atoms with E-state index in [0.29, 0.717) is 5.70 Å². The van der Waals surface area contributed by atoms with E-state index in [4.69, 9.17) is 9.16 Å². The van der Waals surface area contributed by atoms with Crippen molar-refractivity contribution in [1.29, 1.82) is 0 Å². The van der Waals surface area contributed by atoms with Crippen molar-refractivity contribution in [2.45, 2.75) is 57.3 Å². The highest BCUT2D eigenvalue weighted by molar-refractivity contribution is 8.03. The molecule has 1 saturated heterocycles. The van der Waals surface area contributed by atoms with Crippen molar-refractivity contribution < 1.29 is 18.8 Å². The number of β-lactam (4-membered cyclic amide) rings is 1. The van der Waals surface area contributed by atoms with E-state index in [1.807, 2.05) is 6.92 Å². The maximum absolute atomic E-state index is 12.6. The Morgan fingerprint density at radius 1 is 1.50 bits per heavy atom. The van der Waals surface area contributed by atoms with Crippen molar-refractivity contribution in [3.05, 3.63) is 23.8 Å². The molecule has 2 rings (SSSR count). The van der Waals surface area contributed by atoms with Crippen LogP contribution in [0.4, 0.5) is 0 Å². The van der Waals surface area contributed by atoms with Crippen molar-refractivity contribution in [1.82, 2.24) is 4.90 Å². The molecule has 7 heteroatoms. The van der Waals surface area contributed by atoms with Crippen molar-refractivity contribution in [3.63, 3.8) is 0 Å². The number of rotatable bonds is 6. The Hall–Kier alpha value is -1.05. The fraction of sp³-hybridized carbons (Fsp3) is 0.647. The van der Waals surface area contributed by atoms with Crippen LogP contribution >= 0.6 is 11.8 Å². The monoisotopic (exact) mass is 369 g/mol. The average Bonchev–Trinajstić information content (AvgIpc) is 2.82. The minimum absolute atomic E-state index is 0.0574. The van der Waals surface area contributed by atoms with Gasteiger partial charge in [0.2, 0.25) is 5.91 Å². The summed E-state index contributed by atoms with van der Waals surface area (Å²) in [5, 5.41) is 1.74. The molecule has 0 spiro atoms. The zero-order chi connectivity index (χ0) is 18.3. The van der Waals surface area contributed by atoms with Gasteiger partial charge in [-0.2, -0.15) is 0 Å². The summed E-state index contributed by atoms with van der Waals surface area (Å²) in [6, 6.07) is 0. The van der Waals surface area contributed by atoms with Crippen LogP contribution in [0, 0.1) is 5.92 Å². The molecule has 0 aromatic rings. The first-order chi connectivity index (χ1) is 11.0. The Balaban J connectivity index is 2.02. The molecule has 0 bridgehead atoms. The first-order valence-corrected chi connectivity index (χ1v) is 12.0. The molecule has 0 aliphatic carbocycles. The minimum Gasteiger partial charge on any atom is -0.457 e. The maximum Gasteiger partial charge on any atom is 0.355 e. The third kappa shape index (κ3) is 3.34. The summed E-state index contributed by atoms with van der Waals surface area (Å²) in [6.07, 6.45) is 1.34. The summed E-state index contributed by atoms with van der Waals surface area (Å²) >= 11 is 1.49. The first-order valence-electron chi connectivity index (χ1n) is 8.16. The van der Waals surface area contributed by atoms with Crippen LogP contribution in [-0.4, -0.2) is 43.2 Å². The van der Waals surface area contributed by atoms with Crippen LogP contribution in [0.5, 0.6) is 0 Å². The van der Waals surface area contributed by atoms with Crippen molar-refractivity contribution in [2.24, 2.45) is 5.92 Å². The van der Waals surface area contributed by atoms with E-state index in [1.165, 1.54) is 22.7 Å². The minimum atomic E-state index is -1.94. The second-order valence-corrected chi connectivity index (χ2v) is 13.5. The molecular formula is C17H27NO4SSi. The predicted octanol–water partition coefficient (Wildman–Crippen LogP) is 3.50. The van der Waals surface area contributed by atoms with E-state index in [2.05, 4.69) is 40.4 Å². The highest BCUT2D eigenvalue weighted by Gasteiger charge is 2.57. The van der Waals surface area contributed by atoms with Crippen LogP contribution in [0.15, 0.2) is 23.8 Å². The number of thioether (sulfide) groups is 1. The van der Waals surface area contributed by atoms with Crippen LogP contribution < -0.4 is 0 Å². The molecule has 2 heterocycles. The van der Waals surface area contributed by atoms with Gasteiger partial charge in [0.15, 0.2) is 8.32 Å². The van der Waals surface area contributed by atoms with Gasteiger partial charge in [-0.25, -0.2) is 4.79 Å². The number of ether oxygens (including phenoxy) is 1. The van der Waals surface area contributed by atoms with Gasteiger partial charge in [0.05, 0.1) is 12.0 Å². The van der Waals surface area contributed by atoms with Gasteiger partial charge in [0.1, 0.15) is 17.7 Å². The number of amides is 1. The summed E-state index contributed by atoms with van der Waals surface area (Å²) in [6.45, 7) is 16.5. The number of esters is 1. The molecule has 134 valence electrons. The van der Waals surface area contributed by atoms with Gasteiger partial charge in [0.25, 0.3) is 0 Å². The van der Waals surface area contributed by atoms with Gasteiger partial charge >= 0.3 is 5.97 Å². The van der Waals surface area contributed by atoms with E-state index in [9.17, 15) is 9.59 Å². The van der Waals surface area contributed by atoms with E-state index in [-0.39, 0.29) is 34.9 Å². The predicted molar refractivity (Wildman–Crippen MR) is 98.7 cm³/mol. The van der Waals surface area contributed by atoms with E-state index in [1.54, 1.807) is 5.41 Å². The van der Waals surface area contributed by atoms with Crippen molar-refractivity contribution in [2.75, 3.05) is 6.61 Å². The van der Waals surface area contributed by atoms with Gasteiger partial charge in [-0.05, 0) is 25.1 Å². The summed E-state index contributed by atoms with van der Waals surface area (Å²) in [5.41, 5.74) is 0.327. The molecule has 0 radical (unpaired) electrons. The molecule has 0 saturated carbocycles. The molecule has 0 aromatic heterocycles. The molecule has 2 aliphatic heterocycles. The van der Waals surface area contributed by atoms with Gasteiger partial charge < -0.3 is 9.16 Å². The third-order valence-electron chi connectivity index (χ3n) is 5.00. The van der Waals surface area contributed by atoms with Gasteiger partial charge in [0, 0.05) is 5.41 Å². The van der Waals surface area contributed by atoms with Crippen molar-refractivity contribution in [3.8, 4) is 0 Å². The molecule has 24 heavy (non-hydrogen) atoms. The lowest BCUT2D eigenvalue weighted by Gasteiger charge is -2.48. The van der Waals surface area contributed by atoms with Gasteiger partial charge in [-0.1, -0.05) is 33.4 Å². The van der Waals surface area contributed by atoms with E-state index >= 15 is 0 Å². The standard InChI is InChI=1S/C17H27NO4SSi/c1-8-9-21-16(20)12-10-23-15-13(14(19)18(12)15)11(2)22-24(6,7)17(3,4)5/h8,10-11,13,15H,1,9H2,2-7H3/t11-,13+,15+/m1/s1. The molecule has 1 amide bonds. The third-order valence-corrected chi connectivity index (χ3v) is 10.7. The normalized spacial score (nSPS) is 24.8. The number of fused-ring (bicyclic) bond motifs is 1. The number of carbonyl (C=O) groups excluding carboxylic acids is 2. The number of hydrogen-bond acceptors (Lipinski definition) is 5. The Labute approximate surface area is 149 Å². The van der Waals surface area contributed by atoms with Crippen LogP contribution in [0.3, 0.4) is 0 Å². The molecule has 0 N–H and O–H groups in total. The lowest BCUT2D eigenvalue weighted by molar-refractivity contribution is -0.157. The topological polar surface area (TPSA) is 55.8 Å². The molecular weight excluding hydrogens is 342 g/mol. The lowest BCUT2D eigenvalue weighted by atomic mass is 9.92. The fourth-order valence-corrected chi connectivity index (χ4v) is 5.34. The van der Waals surface area contributed by atoms with E-state index < -0.39 is 14.3 Å². The molecule has 2 aliphatic rings. The highest BCUT2D eigenvalue weighted by atomic mass is 32.2. The quantitative estimate of drug-likeness (QED) is 0.310. The first kappa shape index (κ1) is 19.3. The molecule has 1 fully saturated rings. The maximum atomic E-state index is 12.6. The molecule has 0 unspecified atom stereocenters. The molecule has 0 aromatic carbocycles. The molecule has 3 atom stereocenters. The fourth-order valence-electron chi connectivity index (χ4n) is 2.58. The van der Waals surface area contributed by atoms with Crippen LogP contribution in [-0.2, 0) is 18.8 Å². The largest absolute Gasteiger partial charge is 0.457 e. The van der Waals surface area contributed by atoms with Gasteiger partial charge in [-0.3, -0.25) is 9.69 Å². The van der Waals surface area contributed by atoms with Crippen LogP contribution in [0.2, 0.25) is 18.1 Å². The lowest BCUT2D eigenvalue weighted by Crippen LogP contribution is -2.62. The Bertz CT molecular complexity index is 582. The van der Waals surface area contributed by atoms with E-state index in [0.717, 1.165) is 0 Å². The second-order valence-electron chi connectivity index (χ2n) is 7.73. The van der Waals surface area contributed by atoms with Gasteiger partial charge in [-0.15, -0.1) is 11.8 Å². The van der Waals surface area contributed by atoms with Crippen LogP contribution in [0.1, 0.15) is 27.7 Å². The SMILES string of the molecule is C=CCOC(=O)C1=CS[C@H]2[C@@H]([C@@H](C)O[Si](C)(C)C(C)(C)C)C(=O)N12. The summed E-state index contributed by atoms with van der Waals surface area (Å²) in [4.78, 5) is 26.1. The number of carbonyl (C=O) groups is 2. The Morgan fingerprint density at radius 2 is 2.12 bits per heavy atom. The van der Waals surface area contributed by atoms with Crippen LogP contribution in [0.25, 0.3) is 0 Å². The number of nitrogens with zero attached hydrogens (tertiary/aromatic N) is 1. The second kappa shape index (κ2) is 6.69. The Morgan fingerprint density at radius 3 is 2.67 bits per heavy atom.